The Labute approximate surface area is 186 Å². The predicted octanol–water partition coefficient (Wildman–Crippen LogP) is 2.92. The number of nitrogens with zero attached hydrogens (tertiary/aromatic N) is 2. The molecule has 1 fully saturated rings. The van der Waals surface area contributed by atoms with Crippen molar-refractivity contribution < 1.29 is 9.53 Å². The molecule has 2 rings (SSSR count). The molecule has 1 aromatic carbocycles. The van der Waals surface area contributed by atoms with Crippen LogP contribution in [0.5, 0.6) is 0 Å². The minimum Gasteiger partial charge on any atom is -0.385 e. The average molecular weight is 502 g/mol. The molecule has 1 amide bonds. The molecule has 1 saturated carbocycles. The van der Waals surface area contributed by atoms with Gasteiger partial charge >= 0.3 is 0 Å². The summed E-state index contributed by atoms with van der Waals surface area (Å²) in [6, 6.07) is 7.82. The second-order valence-electron chi connectivity index (χ2n) is 7.60. The van der Waals surface area contributed by atoms with Crippen LogP contribution in [0, 0.1) is 5.41 Å². The fraction of sp³-hybridized carbons (Fsp3) is 0.619. The number of ether oxygens (including phenoxy) is 1. The maximum Gasteiger partial charge on any atom is 0.253 e. The number of nitrogens with one attached hydrogen (secondary N) is 2. The zero-order valence-electron chi connectivity index (χ0n) is 17.6. The van der Waals surface area contributed by atoms with Gasteiger partial charge in [0.2, 0.25) is 0 Å². The van der Waals surface area contributed by atoms with E-state index >= 15 is 0 Å². The van der Waals surface area contributed by atoms with Crippen LogP contribution in [0.2, 0.25) is 0 Å². The van der Waals surface area contributed by atoms with Crippen LogP contribution < -0.4 is 10.6 Å². The highest BCUT2D eigenvalue weighted by atomic mass is 127. The highest BCUT2D eigenvalue weighted by molar-refractivity contribution is 14.0. The van der Waals surface area contributed by atoms with Gasteiger partial charge in [-0.3, -0.25) is 9.79 Å². The summed E-state index contributed by atoms with van der Waals surface area (Å²) in [5.41, 5.74) is 2.22. The molecule has 158 valence electrons. The lowest BCUT2D eigenvalue weighted by atomic mass is 9.67. The Hall–Kier alpha value is -1.35. The van der Waals surface area contributed by atoms with E-state index in [0.29, 0.717) is 5.41 Å². The summed E-state index contributed by atoms with van der Waals surface area (Å²) in [6.45, 7) is 2.52. The molecule has 0 bridgehead atoms. The molecule has 6 nitrogen and oxygen atoms in total. The molecule has 0 radical (unpaired) electrons. The molecule has 1 aliphatic carbocycles. The summed E-state index contributed by atoms with van der Waals surface area (Å²) >= 11 is 0. The van der Waals surface area contributed by atoms with E-state index in [-0.39, 0.29) is 29.9 Å². The van der Waals surface area contributed by atoms with E-state index in [1.807, 2.05) is 18.2 Å². The summed E-state index contributed by atoms with van der Waals surface area (Å²) in [7, 11) is 7.11. The number of hydrogen-bond acceptors (Lipinski definition) is 3. The van der Waals surface area contributed by atoms with Crippen LogP contribution in [0.4, 0.5) is 0 Å². The zero-order chi connectivity index (χ0) is 19.7. The topological polar surface area (TPSA) is 66.0 Å². The van der Waals surface area contributed by atoms with Crippen molar-refractivity contribution in [2.24, 2.45) is 10.4 Å². The maximum atomic E-state index is 12.1. The second-order valence-corrected chi connectivity index (χ2v) is 7.60. The largest absolute Gasteiger partial charge is 0.385 e. The number of rotatable bonds is 9. The number of halogens is 1. The molecular formula is C21H35IN4O2. The van der Waals surface area contributed by atoms with Crippen LogP contribution in [-0.4, -0.2) is 64.7 Å². The normalized spacial score (nSPS) is 15.2. The minimum atomic E-state index is 0. The maximum absolute atomic E-state index is 12.1. The molecule has 2 N–H and O–H groups in total. The Morgan fingerprint density at radius 3 is 2.61 bits per heavy atom. The third-order valence-electron chi connectivity index (χ3n) is 5.39. The summed E-state index contributed by atoms with van der Waals surface area (Å²) < 4.78 is 5.26. The van der Waals surface area contributed by atoms with Crippen LogP contribution >= 0.6 is 24.0 Å². The van der Waals surface area contributed by atoms with Crippen LogP contribution in [0.15, 0.2) is 29.3 Å². The predicted molar refractivity (Wildman–Crippen MR) is 126 cm³/mol. The first-order valence-corrected chi connectivity index (χ1v) is 9.74. The van der Waals surface area contributed by atoms with E-state index in [1.165, 1.54) is 19.3 Å². The molecule has 1 aliphatic rings. The quantitative estimate of drug-likeness (QED) is 0.310. The van der Waals surface area contributed by atoms with Crippen LogP contribution in [0.25, 0.3) is 0 Å². The first kappa shape index (κ1) is 24.7. The van der Waals surface area contributed by atoms with Gasteiger partial charge in [-0.15, -0.1) is 24.0 Å². The van der Waals surface area contributed by atoms with Gasteiger partial charge in [0.05, 0.1) is 0 Å². The van der Waals surface area contributed by atoms with Gasteiger partial charge in [0.25, 0.3) is 5.91 Å². The Bertz CT molecular complexity index is 645. The first-order chi connectivity index (χ1) is 13.0. The molecule has 7 heteroatoms. The van der Waals surface area contributed by atoms with Crippen molar-refractivity contribution in [2.75, 3.05) is 47.9 Å². The molecule has 0 aromatic heterocycles. The van der Waals surface area contributed by atoms with Gasteiger partial charge in [-0.05, 0) is 48.8 Å². The van der Waals surface area contributed by atoms with Crippen LogP contribution in [0.1, 0.15) is 41.6 Å². The molecule has 28 heavy (non-hydrogen) atoms. The number of amides is 1. The number of guanidine groups is 1. The van der Waals surface area contributed by atoms with Crippen molar-refractivity contribution in [1.29, 1.82) is 0 Å². The van der Waals surface area contributed by atoms with E-state index < -0.39 is 0 Å². The number of hydrogen-bond donors (Lipinski definition) is 2. The lowest BCUT2D eigenvalue weighted by Crippen LogP contribution is -2.47. The van der Waals surface area contributed by atoms with Crippen LogP contribution in [0.3, 0.4) is 0 Å². The fourth-order valence-corrected chi connectivity index (χ4v) is 3.45. The Morgan fingerprint density at radius 1 is 1.29 bits per heavy atom. The van der Waals surface area contributed by atoms with Gasteiger partial charge < -0.3 is 20.3 Å². The highest BCUT2D eigenvalue weighted by Gasteiger charge is 2.36. The molecule has 0 heterocycles. The summed E-state index contributed by atoms with van der Waals surface area (Å²) in [5, 5.41) is 6.85. The highest BCUT2D eigenvalue weighted by Crippen LogP contribution is 2.43. The average Bonchev–Trinajstić information content (AvgIpc) is 2.64. The number of methoxy groups -OCH3 is 1. The standard InChI is InChI=1S/C21H34N4O2.HI/c1-22-20(24-16-21(10-6-11-21)12-14-27-4)23-13-9-17-7-5-8-18(15-17)19(26)25(2)3;/h5,7-8,15H,6,9-14,16H2,1-4H3,(H2,22,23,24);1H. The molecular weight excluding hydrogens is 467 g/mol. The van der Waals surface area contributed by atoms with E-state index in [0.717, 1.165) is 49.6 Å². The van der Waals surface area contributed by atoms with Gasteiger partial charge in [0, 0.05) is 53.5 Å². The van der Waals surface area contributed by atoms with Crippen molar-refractivity contribution in [3.05, 3.63) is 35.4 Å². The Kier molecular flexibility index (Phi) is 10.8. The fourth-order valence-electron chi connectivity index (χ4n) is 3.45. The molecule has 1 aromatic rings. The smallest absolute Gasteiger partial charge is 0.253 e. The van der Waals surface area contributed by atoms with E-state index in [1.54, 1.807) is 33.2 Å². The van der Waals surface area contributed by atoms with E-state index in [9.17, 15) is 4.79 Å². The van der Waals surface area contributed by atoms with Crippen molar-refractivity contribution in [3.63, 3.8) is 0 Å². The van der Waals surface area contributed by atoms with Crippen molar-refractivity contribution in [2.45, 2.75) is 32.1 Å². The molecule has 0 saturated heterocycles. The molecule has 0 spiro atoms. The number of aliphatic imine (C=N–C) groups is 1. The Morgan fingerprint density at radius 2 is 2.04 bits per heavy atom. The Balaban J connectivity index is 0.00000392. The molecule has 0 unspecified atom stereocenters. The van der Waals surface area contributed by atoms with Crippen molar-refractivity contribution in [1.82, 2.24) is 15.5 Å². The van der Waals surface area contributed by atoms with Gasteiger partial charge in [-0.25, -0.2) is 0 Å². The van der Waals surface area contributed by atoms with E-state index in [4.69, 9.17) is 4.74 Å². The summed E-state index contributed by atoms with van der Waals surface area (Å²) in [5.74, 6) is 0.864. The summed E-state index contributed by atoms with van der Waals surface area (Å²) in [4.78, 5) is 18.0. The molecule has 0 aliphatic heterocycles. The summed E-state index contributed by atoms with van der Waals surface area (Å²) in [6.07, 6.45) is 5.75. The van der Waals surface area contributed by atoms with E-state index in [2.05, 4.69) is 21.7 Å². The van der Waals surface area contributed by atoms with Gasteiger partial charge in [0.15, 0.2) is 5.96 Å². The number of carbonyl (C=O) groups excluding carboxylic acids is 1. The molecule has 0 atom stereocenters. The van der Waals surface area contributed by atoms with Gasteiger partial charge in [-0.2, -0.15) is 0 Å². The third kappa shape index (κ3) is 7.24. The van der Waals surface area contributed by atoms with Crippen molar-refractivity contribution in [3.8, 4) is 0 Å². The van der Waals surface area contributed by atoms with Crippen LogP contribution in [-0.2, 0) is 11.2 Å². The first-order valence-electron chi connectivity index (χ1n) is 9.74. The number of benzene rings is 1. The zero-order valence-corrected chi connectivity index (χ0v) is 19.9. The SMILES string of the molecule is CN=C(NCCc1cccc(C(=O)N(C)C)c1)NCC1(CCOC)CCC1.I. The lowest BCUT2D eigenvalue weighted by molar-refractivity contribution is 0.0732. The minimum absolute atomic E-state index is 0. The number of carbonyl (C=O) groups is 1. The lowest BCUT2D eigenvalue weighted by Gasteiger charge is -2.42. The van der Waals surface area contributed by atoms with Gasteiger partial charge in [-0.1, -0.05) is 18.6 Å². The third-order valence-corrected chi connectivity index (χ3v) is 5.39. The second kappa shape index (κ2) is 12.3. The monoisotopic (exact) mass is 502 g/mol. The van der Waals surface area contributed by atoms with Crippen molar-refractivity contribution >= 4 is 35.8 Å². The van der Waals surface area contributed by atoms with Gasteiger partial charge in [0.1, 0.15) is 0 Å².